The van der Waals surface area contributed by atoms with Crippen molar-refractivity contribution in [2.75, 3.05) is 11.9 Å². The lowest BCUT2D eigenvalue weighted by Gasteiger charge is -2.21. The summed E-state index contributed by atoms with van der Waals surface area (Å²) in [6.45, 7) is 0.0111. The second-order valence-corrected chi connectivity index (χ2v) is 4.55. The molecule has 1 saturated carbocycles. The molecule has 0 radical (unpaired) electrons. The van der Waals surface area contributed by atoms with Crippen LogP contribution < -0.4 is 5.32 Å². The fourth-order valence-electron chi connectivity index (χ4n) is 2.41. The number of rotatable bonds is 3. The average molecular weight is 252 g/mol. The highest BCUT2D eigenvalue weighted by atomic mass is 19.1. The molecule has 0 heterocycles. The topological polar surface area (TPSA) is 56.0 Å². The molecule has 96 valence electrons. The number of anilines is 1. The molecule has 5 heteroatoms. The Kier molecular flexibility index (Phi) is 3.78. The molecule has 2 rings (SSSR count). The highest BCUT2D eigenvalue weighted by Gasteiger charge is 2.28. The minimum atomic E-state index is -0.768. The smallest absolute Gasteiger partial charge is 0.150 e. The van der Waals surface area contributed by atoms with Crippen LogP contribution >= 0.6 is 0 Å². The van der Waals surface area contributed by atoms with Crippen molar-refractivity contribution >= 4 is 5.69 Å². The standard InChI is InChI=1S/C13H14F2N2O/c14-10-4-8(6-16)5-11(15)13(10)17-12-3-1-2-9(12)7-18/h4-5,9,12,17-18H,1-3,7H2. The van der Waals surface area contributed by atoms with Crippen molar-refractivity contribution in [3.8, 4) is 6.07 Å². The van der Waals surface area contributed by atoms with Gasteiger partial charge < -0.3 is 10.4 Å². The van der Waals surface area contributed by atoms with E-state index in [1.807, 2.05) is 0 Å². The van der Waals surface area contributed by atoms with Gasteiger partial charge in [-0.1, -0.05) is 6.42 Å². The SMILES string of the molecule is N#Cc1cc(F)c(NC2CCCC2CO)c(F)c1. The van der Waals surface area contributed by atoms with Gasteiger partial charge in [-0.05, 0) is 25.0 Å². The summed E-state index contributed by atoms with van der Waals surface area (Å²) in [5.74, 6) is -1.51. The molecule has 2 N–H and O–H groups in total. The predicted molar refractivity (Wildman–Crippen MR) is 62.9 cm³/mol. The Hall–Kier alpha value is -1.67. The van der Waals surface area contributed by atoms with Gasteiger partial charge in [0.25, 0.3) is 0 Å². The molecule has 1 aromatic rings. The molecule has 0 aromatic heterocycles. The van der Waals surface area contributed by atoms with Gasteiger partial charge in [-0.2, -0.15) is 5.26 Å². The summed E-state index contributed by atoms with van der Waals surface area (Å²) in [5.41, 5.74) is -0.250. The zero-order chi connectivity index (χ0) is 13.1. The van der Waals surface area contributed by atoms with Crippen molar-refractivity contribution in [3.05, 3.63) is 29.3 Å². The fraction of sp³-hybridized carbons (Fsp3) is 0.462. The van der Waals surface area contributed by atoms with Gasteiger partial charge in [0.2, 0.25) is 0 Å². The summed E-state index contributed by atoms with van der Waals surface area (Å²) >= 11 is 0. The van der Waals surface area contributed by atoms with Crippen LogP contribution in [0.1, 0.15) is 24.8 Å². The first-order valence-electron chi connectivity index (χ1n) is 5.92. The largest absolute Gasteiger partial charge is 0.396 e. The van der Waals surface area contributed by atoms with Crippen LogP contribution in [0.15, 0.2) is 12.1 Å². The Morgan fingerprint density at radius 3 is 2.56 bits per heavy atom. The molecule has 0 spiro atoms. The molecule has 1 aliphatic rings. The van der Waals surface area contributed by atoms with Gasteiger partial charge in [-0.15, -0.1) is 0 Å². The summed E-state index contributed by atoms with van der Waals surface area (Å²) in [7, 11) is 0. The Labute approximate surface area is 104 Å². The second-order valence-electron chi connectivity index (χ2n) is 4.55. The van der Waals surface area contributed by atoms with Crippen molar-refractivity contribution in [2.45, 2.75) is 25.3 Å². The van der Waals surface area contributed by atoms with Crippen molar-refractivity contribution in [1.82, 2.24) is 0 Å². The van der Waals surface area contributed by atoms with Gasteiger partial charge in [0.05, 0.1) is 11.6 Å². The summed E-state index contributed by atoms with van der Waals surface area (Å²) < 4.78 is 27.3. The summed E-state index contributed by atoms with van der Waals surface area (Å²) in [4.78, 5) is 0. The predicted octanol–water partition coefficient (Wildman–Crippen LogP) is 2.41. The van der Waals surface area contributed by atoms with Gasteiger partial charge >= 0.3 is 0 Å². The monoisotopic (exact) mass is 252 g/mol. The number of hydrogen-bond donors (Lipinski definition) is 2. The number of nitrogens with zero attached hydrogens (tertiary/aromatic N) is 1. The van der Waals surface area contributed by atoms with Crippen molar-refractivity contribution in [1.29, 1.82) is 5.26 Å². The maximum absolute atomic E-state index is 13.7. The summed E-state index contributed by atoms with van der Waals surface area (Å²) in [6.07, 6.45) is 2.57. The van der Waals surface area contributed by atoms with Crippen LogP contribution in [0, 0.1) is 28.9 Å². The van der Waals surface area contributed by atoms with Crippen LogP contribution in [0.25, 0.3) is 0 Å². The van der Waals surface area contributed by atoms with Gasteiger partial charge in [-0.25, -0.2) is 8.78 Å². The second kappa shape index (κ2) is 5.32. The molecular formula is C13H14F2N2O. The maximum Gasteiger partial charge on any atom is 0.150 e. The van der Waals surface area contributed by atoms with Crippen molar-refractivity contribution in [3.63, 3.8) is 0 Å². The number of nitrogens with one attached hydrogen (secondary N) is 1. The third kappa shape index (κ3) is 2.44. The van der Waals surface area contributed by atoms with Crippen LogP contribution in [-0.4, -0.2) is 17.8 Å². The number of nitriles is 1. The summed E-state index contributed by atoms with van der Waals surface area (Å²) in [6, 6.07) is 3.60. The van der Waals surface area contributed by atoms with Gasteiger partial charge in [0.1, 0.15) is 5.69 Å². The number of aliphatic hydroxyl groups excluding tert-OH is 1. The van der Waals surface area contributed by atoms with E-state index >= 15 is 0 Å². The lowest BCUT2D eigenvalue weighted by molar-refractivity contribution is 0.222. The van der Waals surface area contributed by atoms with E-state index in [-0.39, 0.29) is 29.8 Å². The molecular weight excluding hydrogens is 238 g/mol. The molecule has 1 aromatic carbocycles. The molecule has 3 nitrogen and oxygen atoms in total. The van der Waals surface area contributed by atoms with E-state index < -0.39 is 11.6 Å². The molecule has 2 atom stereocenters. The van der Waals surface area contributed by atoms with E-state index in [1.165, 1.54) is 0 Å². The van der Waals surface area contributed by atoms with E-state index in [9.17, 15) is 8.78 Å². The Morgan fingerprint density at radius 2 is 2.00 bits per heavy atom. The van der Waals surface area contributed by atoms with E-state index in [4.69, 9.17) is 10.4 Å². The number of aliphatic hydroxyl groups is 1. The van der Waals surface area contributed by atoms with Crippen molar-refractivity contribution in [2.24, 2.45) is 5.92 Å². The van der Waals surface area contributed by atoms with Crippen molar-refractivity contribution < 1.29 is 13.9 Å². The molecule has 1 fully saturated rings. The van der Waals surface area contributed by atoms with Crippen LogP contribution in [0.4, 0.5) is 14.5 Å². The lowest BCUT2D eigenvalue weighted by Crippen LogP contribution is -2.27. The van der Waals surface area contributed by atoms with E-state index in [2.05, 4.69) is 5.32 Å². The van der Waals surface area contributed by atoms with Crippen LogP contribution in [0.3, 0.4) is 0 Å². The van der Waals surface area contributed by atoms with E-state index in [1.54, 1.807) is 6.07 Å². The molecule has 0 saturated heterocycles. The first-order valence-corrected chi connectivity index (χ1v) is 5.92. The van der Waals surface area contributed by atoms with E-state index in [0.717, 1.165) is 31.4 Å². The lowest BCUT2D eigenvalue weighted by atomic mass is 10.0. The molecule has 1 aliphatic carbocycles. The quantitative estimate of drug-likeness (QED) is 0.868. The zero-order valence-corrected chi connectivity index (χ0v) is 9.79. The molecule has 18 heavy (non-hydrogen) atoms. The Bertz CT molecular complexity index is 461. The third-order valence-corrected chi connectivity index (χ3v) is 3.39. The first-order chi connectivity index (χ1) is 8.65. The highest BCUT2D eigenvalue weighted by Crippen LogP contribution is 2.30. The molecule has 0 aliphatic heterocycles. The average Bonchev–Trinajstić information content (AvgIpc) is 2.80. The molecule has 0 bridgehead atoms. The minimum absolute atomic E-state index is 0.0111. The van der Waals surface area contributed by atoms with E-state index in [0.29, 0.717) is 0 Å². The summed E-state index contributed by atoms with van der Waals surface area (Å²) in [5, 5.41) is 20.6. The molecule has 0 amide bonds. The van der Waals surface area contributed by atoms with Crippen LogP contribution in [-0.2, 0) is 0 Å². The normalized spacial score (nSPS) is 22.8. The third-order valence-electron chi connectivity index (χ3n) is 3.39. The first kappa shape index (κ1) is 12.8. The fourth-order valence-corrected chi connectivity index (χ4v) is 2.41. The van der Waals surface area contributed by atoms with Gasteiger partial charge in [0, 0.05) is 18.6 Å². The Morgan fingerprint density at radius 1 is 1.33 bits per heavy atom. The number of benzene rings is 1. The van der Waals surface area contributed by atoms with Gasteiger partial charge in [-0.3, -0.25) is 0 Å². The minimum Gasteiger partial charge on any atom is -0.396 e. The number of halogens is 2. The zero-order valence-electron chi connectivity index (χ0n) is 9.79. The maximum atomic E-state index is 13.7. The number of hydrogen-bond acceptors (Lipinski definition) is 3. The molecule has 2 unspecified atom stereocenters. The Balaban J connectivity index is 2.22. The van der Waals surface area contributed by atoms with Crippen LogP contribution in [0.2, 0.25) is 0 Å². The van der Waals surface area contributed by atoms with Crippen LogP contribution in [0.5, 0.6) is 0 Å². The highest BCUT2D eigenvalue weighted by molar-refractivity contribution is 5.51. The van der Waals surface area contributed by atoms with Gasteiger partial charge in [0.15, 0.2) is 11.6 Å².